The molecule has 0 radical (unpaired) electrons. The fraction of sp³-hybridized carbons (Fsp3) is 0.417. The number of anilines is 2. The number of carbonyl (C=O) groups excluding carboxylic acids is 2. The topological polar surface area (TPSA) is 226 Å². The summed E-state index contributed by atoms with van der Waals surface area (Å²) in [6.45, 7) is 24.9. The molecular formula is C72H79Cl2F4N9O12. The summed E-state index contributed by atoms with van der Waals surface area (Å²) in [5, 5.41) is 23.4. The first-order valence-electron chi connectivity index (χ1n) is 32.3. The number of nitrogens with zero attached hydrogens (tertiary/aromatic N) is 9. The van der Waals surface area contributed by atoms with Gasteiger partial charge in [-0.25, -0.2) is 27.2 Å². The number of hydrogen-bond acceptors (Lipinski definition) is 16. The van der Waals surface area contributed by atoms with Gasteiger partial charge in [-0.15, -0.1) is 0 Å². The molecule has 2 fully saturated rings. The Hall–Kier alpha value is -9.20. The number of nitro groups is 1. The maximum absolute atomic E-state index is 17.6. The zero-order chi connectivity index (χ0) is 72.5. The predicted octanol–water partition coefficient (Wildman–Crippen LogP) is 14.8. The average molecular weight is 1410 g/mol. The second-order valence-electron chi connectivity index (χ2n) is 27.5. The highest BCUT2D eigenvalue weighted by molar-refractivity contribution is 6.35. The average Bonchev–Trinajstić information content (AvgIpc) is 0.716. The SMILES string of the molecule is COc1cccc(F)c1-c1c(Cl)cc2c(N3C[C@@H](C)N(C(=O)OC(C)(C)C)C[C@@H]3CO)c([N+](=O)[O-])c(=O)n(-c3c(C)ccnc3C(C)C)c2c1F.COc1cccc(F)c1-c1c(Cl)cc2c3c(c(=O)n(-c4c(C)ccnc4C(C)C)c2c1F)OC[C@H]1CN(C(=O)OC(C)(C)C)[C@H](C)CN31. The minimum Gasteiger partial charge on any atom is -0.496 e. The molecule has 11 rings (SSSR count). The largest absolute Gasteiger partial charge is 0.496 e. The fourth-order valence-electron chi connectivity index (χ4n) is 13.3. The fourth-order valence-corrected chi connectivity index (χ4v) is 13.9. The van der Waals surface area contributed by atoms with Crippen LogP contribution in [0, 0.1) is 47.2 Å². The third-order valence-electron chi connectivity index (χ3n) is 17.7. The highest BCUT2D eigenvalue weighted by atomic mass is 35.5. The lowest BCUT2D eigenvalue weighted by molar-refractivity contribution is -0.385. The number of hydrogen-bond donors (Lipinski definition) is 1. The van der Waals surface area contributed by atoms with Crippen LogP contribution < -0.4 is 35.1 Å². The summed E-state index contributed by atoms with van der Waals surface area (Å²) >= 11 is 13.7. The number of amides is 2. The number of rotatable bonds is 11. The van der Waals surface area contributed by atoms with Crippen LogP contribution in [0.15, 0.2) is 82.6 Å². The molecule has 7 heterocycles. The van der Waals surface area contributed by atoms with Gasteiger partial charge in [-0.05, 0) is 141 Å². The molecule has 21 nitrogen and oxygen atoms in total. The van der Waals surface area contributed by atoms with Gasteiger partial charge in [0.25, 0.3) is 5.56 Å². The highest BCUT2D eigenvalue weighted by Gasteiger charge is 2.45. The molecule has 99 heavy (non-hydrogen) atoms. The number of halogens is 6. The lowest BCUT2D eigenvalue weighted by atomic mass is 9.97. The Morgan fingerprint density at radius 1 is 0.657 bits per heavy atom. The molecule has 3 aliphatic rings. The summed E-state index contributed by atoms with van der Waals surface area (Å²) < 4.78 is 96.6. The molecule has 4 aromatic heterocycles. The molecule has 4 aromatic carbocycles. The van der Waals surface area contributed by atoms with Crippen molar-refractivity contribution in [2.45, 2.75) is 144 Å². The zero-order valence-electron chi connectivity index (χ0n) is 57.9. The normalized spacial score (nSPS) is 17.1. The van der Waals surface area contributed by atoms with Gasteiger partial charge in [-0.3, -0.25) is 38.8 Å². The lowest BCUT2D eigenvalue weighted by Crippen LogP contribution is -2.62. The van der Waals surface area contributed by atoms with Crippen LogP contribution in [-0.4, -0.2) is 140 Å². The van der Waals surface area contributed by atoms with E-state index in [0.717, 1.165) is 10.6 Å². The van der Waals surface area contributed by atoms with Crippen molar-refractivity contribution >= 4 is 74.3 Å². The second-order valence-corrected chi connectivity index (χ2v) is 28.4. The predicted molar refractivity (Wildman–Crippen MR) is 372 cm³/mol. The summed E-state index contributed by atoms with van der Waals surface area (Å²) in [6.07, 6.45) is 2.06. The Bertz CT molecular complexity index is 4690. The number of aliphatic hydroxyl groups excluding tert-OH is 1. The smallest absolute Gasteiger partial charge is 0.410 e. The summed E-state index contributed by atoms with van der Waals surface area (Å²) in [5.74, 6) is -4.03. The van der Waals surface area contributed by atoms with Gasteiger partial charge >= 0.3 is 23.4 Å². The Labute approximate surface area is 579 Å². The van der Waals surface area contributed by atoms with Crippen LogP contribution in [0.4, 0.5) is 44.2 Å². The number of fused-ring (bicyclic) bond motifs is 6. The Balaban J connectivity index is 0.000000215. The first-order valence-corrected chi connectivity index (χ1v) is 33.0. The summed E-state index contributed by atoms with van der Waals surface area (Å²) in [7, 11) is 2.64. The van der Waals surface area contributed by atoms with E-state index in [1.54, 1.807) is 84.7 Å². The Morgan fingerprint density at radius 3 is 1.52 bits per heavy atom. The molecule has 8 aromatic rings. The zero-order valence-corrected chi connectivity index (χ0v) is 59.4. The van der Waals surface area contributed by atoms with E-state index >= 15 is 17.6 Å². The summed E-state index contributed by atoms with van der Waals surface area (Å²) in [5.41, 5.74) is -3.23. The molecule has 0 unspecified atom stereocenters. The van der Waals surface area contributed by atoms with Gasteiger partial charge in [0.1, 0.15) is 46.6 Å². The van der Waals surface area contributed by atoms with Crippen LogP contribution in [0.5, 0.6) is 17.2 Å². The number of methoxy groups -OCH3 is 2. The van der Waals surface area contributed by atoms with Gasteiger partial charge in [0, 0.05) is 72.6 Å². The van der Waals surface area contributed by atoms with E-state index in [0.29, 0.717) is 45.8 Å². The van der Waals surface area contributed by atoms with Crippen LogP contribution in [0.3, 0.4) is 0 Å². The van der Waals surface area contributed by atoms with Crippen LogP contribution in [0.2, 0.25) is 10.0 Å². The van der Waals surface area contributed by atoms with Gasteiger partial charge in [-0.2, -0.15) is 0 Å². The van der Waals surface area contributed by atoms with Gasteiger partial charge in [-0.1, -0.05) is 63.0 Å². The molecule has 2 amide bonds. The van der Waals surface area contributed by atoms with E-state index in [1.807, 2.05) is 46.4 Å². The Morgan fingerprint density at radius 2 is 1.09 bits per heavy atom. The monoisotopic (exact) mass is 1410 g/mol. The summed E-state index contributed by atoms with van der Waals surface area (Å²) in [6, 6.07) is 11.9. The van der Waals surface area contributed by atoms with Crippen molar-refractivity contribution in [2.24, 2.45) is 0 Å². The maximum atomic E-state index is 17.6. The standard InChI is InChI=1S/C36H40ClF2N5O7.C36H39ClF2N4O5/c1-18(2)29-30(19(3)12-13-40-29)43-31-22(14-23(37)26(28(31)39)27-24(38)10-9-11-25(27)50-8)32(33(34(43)46)44(48)49)42-15-20(4)41(16-21(42)17-45)35(47)51-36(5,6)7;1-18(2)29-30(19(3)12-13-40-29)43-31-22(14-23(37)26(28(31)39)27-24(38)10-9-11-25(27)46-8)32-33(34(43)44)47-17-21-16-41(20(4)15-42(21)32)35(45)48-36(5,6)7/h9-14,18,20-21,45H,15-17H2,1-8H3;9-14,18,20-21H,15-17H2,1-8H3/t2*20-,21-/m11/s1. The van der Waals surface area contributed by atoms with E-state index in [1.165, 1.54) is 71.2 Å². The third-order valence-corrected chi connectivity index (χ3v) is 18.2. The van der Waals surface area contributed by atoms with Crippen molar-refractivity contribution < 1.29 is 60.9 Å². The molecule has 3 aliphatic heterocycles. The van der Waals surface area contributed by atoms with E-state index in [4.69, 9.17) is 46.9 Å². The molecule has 2 saturated heterocycles. The number of aromatic nitrogens is 4. The highest BCUT2D eigenvalue weighted by Crippen LogP contribution is 2.50. The number of piperazine rings is 2. The van der Waals surface area contributed by atoms with Crippen LogP contribution in [0.25, 0.3) is 55.4 Å². The van der Waals surface area contributed by atoms with Gasteiger partial charge in [0.2, 0.25) is 5.75 Å². The number of aryl methyl sites for hydroxylation is 2. The minimum absolute atomic E-state index is 0.0290. The van der Waals surface area contributed by atoms with Gasteiger partial charge in [0.05, 0.1) is 98.5 Å². The van der Waals surface area contributed by atoms with E-state index in [9.17, 15) is 34.4 Å². The van der Waals surface area contributed by atoms with E-state index in [2.05, 4.69) is 9.97 Å². The third kappa shape index (κ3) is 13.4. The number of pyridine rings is 4. The summed E-state index contributed by atoms with van der Waals surface area (Å²) in [4.78, 5) is 83.4. The number of ether oxygens (including phenoxy) is 5. The molecular weight excluding hydrogens is 1330 g/mol. The molecule has 27 heteroatoms. The number of aliphatic hydroxyl groups is 1. The molecule has 0 spiro atoms. The van der Waals surface area contributed by atoms with Crippen molar-refractivity contribution in [2.75, 3.05) is 63.4 Å². The molecule has 1 N–H and O–H groups in total. The van der Waals surface area contributed by atoms with Crippen LogP contribution >= 0.6 is 23.2 Å². The Kier molecular flexibility index (Phi) is 20.4. The quantitative estimate of drug-likeness (QED) is 0.0721. The van der Waals surface area contributed by atoms with Crippen LogP contribution in [-0.2, 0) is 9.47 Å². The first kappa shape index (κ1) is 72.5. The van der Waals surface area contributed by atoms with Crippen molar-refractivity contribution in [3.8, 4) is 50.9 Å². The van der Waals surface area contributed by atoms with Gasteiger partial charge in [0.15, 0.2) is 11.6 Å². The molecule has 0 bridgehead atoms. The van der Waals surface area contributed by atoms with Crippen molar-refractivity contribution in [3.05, 3.63) is 160 Å². The van der Waals surface area contributed by atoms with Gasteiger partial charge < -0.3 is 48.4 Å². The lowest BCUT2D eigenvalue weighted by Gasteiger charge is -2.48. The number of benzene rings is 4. The maximum Gasteiger partial charge on any atom is 0.410 e. The van der Waals surface area contributed by atoms with E-state index < -0.39 is 98.2 Å². The molecule has 0 saturated carbocycles. The van der Waals surface area contributed by atoms with Crippen LogP contribution in [0.1, 0.15) is 117 Å². The van der Waals surface area contributed by atoms with Crippen molar-refractivity contribution in [3.63, 3.8) is 0 Å². The molecule has 0 aliphatic carbocycles. The molecule has 526 valence electrons. The van der Waals surface area contributed by atoms with Crippen molar-refractivity contribution in [1.82, 2.24) is 28.9 Å². The molecule has 4 atom stereocenters. The number of carbonyl (C=O) groups is 2. The first-order chi connectivity index (χ1) is 46.6. The minimum atomic E-state index is -1.19. The van der Waals surface area contributed by atoms with Crippen molar-refractivity contribution in [1.29, 1.82) is 0 Å². The second kappa shape index (κ2) is 27.8. The van der Waals surface area contributed by atoms with E-state index in [-0.39, 0.29) is 116 Å².